The number of hydrogen-bond donors (Lipinski definition) is 2. The van der Waals surface area contributed by atoms with Crippen LogP contribution in [0.5, 0.6) is 0 Å². The lowest BCUT2D eigenvalue weighted by Gasteiger charge is -2.26. The lowest BCUT2D eigenvalue weighted by molar-refractivity contribution is 0.128. The molecule has 1 heterocycles. The smallest absolute Gasteiger partial charge is 0.109 e. The molecule has 1 fully saturated rings. The quantitative estimate of drug-likeness (QED) is 0.729. The first-order valence-corrected chi connectivity index (χ1v) is 6.54. The Hall–Kier alpha value is -0.870. The van der Waals surface area contributed by atoms with Crippen LogP contribution in [0.4, 0.5) is 0 Å². The van der Waals surface area contributed by atoms with Crippen LogP contribution in [0.2, 0.25) is 0 Å². The van der Waals surface area contributed by atoms with Gasteiger partial charge in [-0.25, -0.2) is 4.98 Å². The fraction of sp³-hybridized carbons (Fsp3) is 0.769. The van der Waals surface area contributed by atoms with Crippen LogP contribution in [0.15, 0.2) is 12.4 Å². The van der Waals surface area contributed by atoms with Gasteiger partial charge in [0, 0.05) is 51.0 Å². The van der Waals surface area contributed by atoms with Gasteiger partial charge in [0.2, 0.25) is 0 Å². The molecule has 0 spiro atoms. The zero-order chi connectivity index (χ0) is 12.1. The van der Waals surface area contributed by atoms with Gasteiger partial charge < -0.3 is 15.0 Å². The van der Waals surface area contributed by atoms with Gasteiger partial charge in [0.05, 0.1) is 0 Å². The first-order chi connectivity index (χ1) is 8.26. The molecule has 4 heteroatoms. The van der Waals surface area contributed by atoms with Crippen molar-refractivity contribution in [1.29, 1.82) is 0 Å². The van der Waals surface area contributed by atoms with Crippen LogP contribution in [0.3, 0.4) is 0 Å². The van der Waals surface area contributed by atoms with E-state index in [1.54, 1.807) is 0 Å². The van der Waals surface area contributed by atoms with Crippen LogP contribution in [0, 0.1) is 5.41 Å². The second-order valence-corrected chi connectivity index (χ2v) is 5.25. The molecule has 0 aliphatic heterocycles. The van der Waals surface area contributed by atoms with Gasteiger partial charge in [-0.3, -0.25) is 0 Å². The molecule has 0 aromatic carbocycles. The molecular formula is C13H23N3O. The van der Waals surface area contributed by atoms with E-state index in [1.165, 1.54) is 25.7 Å². The molecule has 0 bridgehead atoms. The summed E-state index contributed by atoms with van der Waals surface area (Å²) in [5, 5.41) is 13.0. The van der Waals surface area contributed by atoms with Crippen LogP contribution in [0.25, 0.3) is 0 Å². The van der Waals surface area contributed by atoms with Crippen molar-refractivity contribution in [2.75, 3.05) is 19.7 Å². The van der Waals surface area contributed by atoms with Crippen LogP contribution in [-0.4, -0.2) is 34.4 Å². The molecule has 17 heavy (non-hydrogen) atoms. The molecule has 1 aliphatic carbocycles. The Balaban J connectivity index is 1.71. The van der Waals surface area contributed by atoms with E-state index in [4.69, 9.17) is 0 Å². The number of nitrogens with one attached hydrogen (secondary N) is 1. The Labute approximate surface area is 103 Å². The Bertz CT molecular complexity index is 342. The van der Waals surface area contributed by atoms with Crippen molar-refractivity contribution in [2.24, 2.45) is 12.5 Å². The topological polar surface area (TPSA) is 50.1 Å². The molecular weight excluding hydrogens is 214 g/mol. The average molecular weight is 237 g/mol. The first-order valence-electron chi connectivity index (χ1n) is 6.54. The van der Waals surface area contributed by atoms with E-state index in [-0.39, 0.29) is 5.41 Å². The van der Waals surface area contributed by atoms with Crippen molar-refractivity contribution in [2.45, 2.75) is 32.1 Å². The van der Waals surface area contributed by atoms with Crippen LogP contribution in [0.1, 0.15) is 31.5 Å². The molecule has 1 aromatic rings. The molecule has 0 radical (unpaired) electrons. The van der Waals surface area contributed by atoms with Gasteiger partial charge >= 0.3 is 0 Å². The van der Waals surface area contributed by atoms with Gasteiger partial charge in [-0.05, 0) is 12.8 Å². The first kappa shape index (κ1) is 12.6. The Morgan fingerprint density at radius 3 is 2.82 bits per heavy atom. The number of aryl methyl sites for hydroxylation is 1. The zero-order valence-electron chi connectivity index (χ0n) is 10.7. The van der Waals surface area contributed by atoms with Crippen molar-refractivity contribution in [3.8, 4) is 0 Å². The van der Waals surface area contributed by atoms with E-state index >= 15 is 0 Å². The summed E-state index contributed by atoms with van der Waals surface area (Å²) in [5.74, 6) is 1.11. The van der Waals surface area contributed by atoms with Crippen molar-refractivity contribution in [1.82, 2.24) is 14.9 Å². The molecule has 0 unspecified atom stereocenters. The maximum atomic E-state index is 9.49. The summed E-state index contributed by atoms with van der Waals surface area (Å²) in [5.41, 5.74) is 0.154. The summed E-state index contributed by atoms with van der Waals surface area (Å²) in [6.07, 6.45) is 9.62. The van der Waals surface area contributed by atoms with Crippen molar-refractivity contribution < 1.29 is 5.11 Å². The monoisotopic (exact) mass is 237 g/mol. The fourth-order valence-electron chi connectivity index (χ4n) is 2.71. The average Bonchev–Trinajstić information content (AvgIpc) is 2.95. The predicted molar refractivity (Wildman–Crippen MR) is 67.8 cm³/mol. The highest BCUT2D eigenvalue weighted by Crippen LogP contribution is 2.36. The SMILES string of the molecule is Cn1ccnc1CCNCC1(CO)CCCC1. The van der Waals surface area contributed by atoms with E-state index in [0.717, 1.165) is 25.3 Å². The second kappa shape index (κ2) is 5.65. The van der Waals surface area contributed by atoms with Crippen molar-refractivity contribution >= 4 is 0 Å². The van der Waals surface area contributed by atoms with E-state index in [9.17, 15) is 5.11 Å². The third-order valence-corrected chi connectivity index (χ3v) is 3.95. The summed E-state index contributed by atoms with van der Waals surface area (Å²) < 4.78 is 2.05. The number of nitrogens with zero attached hydrogens (tertiary/aromatic N) is 2. The Kier molecular flexibility index (Phi) is 4.18. The maximum Gasteiger partial charge on any atom is 0.109 e. The number of aliphatic hydroxyl groups is 1. The molecule has 0 amide bonds. The van der Waals surface area contributed by atoms with Gasteiger partial charge in [0.25, 0.3) is 0 Å². The summed E-state index contributed by atoms with van der Waals surface area (Å²) >= 11 is 0. The van der Waals surface area contributed by atoms with Crippen molar-refractivity contribution in [3.63, 3.8) is 0 Å². The third-order valence-electron chi connectivity index (χ3n) is 3.95. The number of imidazole rings is 1. The number of hydrogen-bond acceptors (Lipinski definition) is 3. The number of aromatic nitrogens is 2. The Morgan fingerprint density at radius 2 is 2.24 bits per heavy atom. The van der Waals surface area contributed by atoms with Gasteiger partial charge in [0.1, 0.15) is 5.82 Å². The largest absolute Gasteiger partial charge is 0.396 e. The van der Waals surface area contributed by atoms with Gasteiger partial charge in [-0.2, -0.15) is 0 Å². The lowest BCUT2D eigenvalue weighted by Crippen LogP contribution is -2.36. The molecule has 1 saturated carbocycles. The van der Waals surface area contributed by atoms with Gasteiger partial charge in [-0.1, -0.05) is 12.8 Å². The highest BCUT2D eigenvalue weighted by Gasteiger charge is 2.32. The molecule has 0 saturated heterocycles. The van der Waals surface area contributed by atoms with Gasteiger partial charge in [0.15, 0.2) is 0 Å². The zero-order valence-corrected chi connectivity index (χ0v) is 10.7. The fourth-order valence-corrected chi connectivity index (χ4v) is 2.71. The third kappa shape index (κ3) is 3.07. The molecule has 1 aromatic heterocycles. The van der Waals surface area contributed by atoms with E-state index in [0.29, 0.717) is 6.61 Å². The molecule has 4 nitrogen and oxygen atoms in total. The molecule has 1 aliphatic rings. The summed E-state index contributed by atoms with van der Waals surface area (Å²) in [6, 6.07) is 0. The van der Waals surface area contributed by atoms with E-state index in [1.807, 2.05) is 19.4 Å². The maximum absolute atomic E-state index is 9.49. The summed E-state index contributed by atoms with van der Waals surface area (Å²) in [7, 11) is 2.02. The Morgan fingerprint density at radius 1 is 1.47 bits per heavy atom. The van der Waals surface area contributed by atoms with Crippen LogP contribution < -0.4 is 5.32 Å². The van der Waals surface area contributed by atoms with Crippen molar-refractivity contribution in [3.05, 3.63) is 18.2 Å². The second-order valence-electron chi connectivity index (χ2n) is 5.25. The number of rotatable bonds is 6. The van der Waals surface area contributed by atoms with E-state index in [2.05, 4.69) is 14.9 Å². The standard InChI is InChI=1S/C13H23N3O/c1-16-9-8-15-12(16)4-7-14-10-13(11-17)5-2-3-6-13/h8-9,14,17H,2-7,10-11H2,1H3. The normalized spacial score (nSPS) is 18.7. The minimum absolute atomic E-state index is 0.154. The predicted octanol–water partition coefficient (Wildman–Crippen LogP) is 1.10. The van der Waals surface area contributed by atoms with Crippen LogP contribution >= 0.6 is 0 Å². The minimum atomic E-state index is 0.154. The van der Waals surface area contributed by atoms with Crippen LogP contribution in [-0.2, 0) is 13.5 Å². The molecule has 0 atom stereocenters. The molecule has 2 rings (SSSR count). The number of aliphatic hydroxyl groups excluding tert-OH is 1. The van der Waals surface area contributed by atoms with E-state index < -0.39 is 0 Å². The highest BCUT2D eigenvalue weighted by molar-refractivity contribution is 4.92. The minimum Gasteiger partial charge on any atom is -0.396 e. The highest BCUT2D eigenvalue weighted by atomic mass is 16.3. The summed E-state index contributed by atoms with van der Waals surface area (Å²) in [6.45, 7) is 2.20. The molecule has 2 N–H and O–H groups in total. The molecule has 96 valence electrons. The lowest BCUT2D eigenvalue weighted by atomic mass is 9.87. The summed E-state index contributed by atoms with van der Waals surface area (Å²) in [4.78, 5) is 4.30. The van der Waals surface area contributed by atoms with Gasteiger partial charge in [-0.15, -0.1) is 0 Å².